The fraction of sp³-hybridized carbons (Fsp3) is 0.174. The van der Waals surface area contributed by atoms with E-state index in [1.165, 1.54) is 4.90 Å². The molecule has 0 aliphatic rings. The Labute approximate surface area is 174 Å². The third kappa shape index (κ3) is 3.51. The molecule has 7 nitrogen and oxygen atoms in total. The monoisotopic (exact) mass is 402 g/mol. The van der Waals surface area contributed by atoms with E-state index in [1.807, 2.05) is 36.5 Å². The predicted molar refractivity (Wildman–Crippen MR) is 115 cm³/mol. The van der Waals surface area contributed by atoms with Crippen molar-refractivity contribution in [2.75, 3.05) is 21.2 Å². The summed E-state index contributed by atoms with van der Waals surface area (Å²) in [7, 11) is 4.86. The second-order valence-corrected chi connectivity index (χ2v) is 7.13. The van der Waals surface area contributed by atoms with Crippen molar-refractivity contribution >= 4 is 16.9 Å². The summed E-state index contributed by atoms with van der Waals surface area (Å²) < 4.78 is 5.51. The van der Waals surface area contributed by atoms with Crippen LogP contribution in [-0.2, 0) is 4.79 Å². The van der Waals surface area contributed by atoms with Crippen LogP contribution in [-0.4, -0.2) is 52.1 Å². The molecular formula is C23H22N4O3. The number of carbonyl (C=O) groups is 1. The molecule has 4 rings (SSSR count). The topological polar surface area (TPSA) is 91.3 Å². The van der Waals surface area contributed by atoms with Crippen LogP contribution in [0.15, 0.2) is 61.1 Å². The smallest absolute Gasteiger partial charge is 0.255 e. The van der Waals surface area contributed by atoms with Crippen LogP contribution < -0.4 is 4.74 Å². The first-order chi connectivity index (χ1) is 14.5. The van der Waals surface area contributed by atoms with Crippen LogP contribution >= 0.6 is 0 Å². The van der Waals surface area contributed by atoms with E-state index < -0.39 is 6.10 Å². The molecule has 0 bridgehead atoms. The van der Waals surface area contributed by atoms with Crippen molar-refractivity contribution in [3.05, 3.63) is 66.6 Å². The van der Waals surface area contributed by atoms with Crippen LogP contribution in [0.25, 0.3) is 33.4 Å². The first kappa shape index (κ1) is 19.6. The zero-order chi connectivity index (χ0) is 21.3. The van der Waals surface area contributed by atoms with Gasteiger partial charge in [0.05, 0.1) is 12.8 Å². The zero-order valence-corrected chi connectivity index (χ0v) is 17.0. The van der Waals surface area contributed by atoms with Crippen LogP contribution in [0.4, 0.5) is 0 Å². The minimum atomic E-state index is -1.24. The standard InChI is InChI=1S/C23H22N4O3/c1-27(2)23(29)21(28)14-8-9-24-19(11-14)15-10-17-18(13-26-22(17)25-12-15)16-6-4-5-7-20(16)30-3/h4-13,21,28H,1-3H3,(H,25,26). The van der Waals surface area contributed by atoms with E-state index in [-0.39, 0.29) is 5.91 Å². The average molecular weight is 402 g/mol. The van der Waals surface area contributed by atoms with E-state index in [2.05, 4.69) is 15.0 Å². The summed E-state index contributed by atoms with van der Waals surface area (Å²) >= 11 is 0. The van der Waals surface area contributed by atoms with Crippen LogP contribution in [0, 0.1) is 0 Å². The lowest BCUT2D eigenvalue weighted by atomic mass is 10.0. The number of nitrogens with one attached hydrogen (secondary N) is 1. The lowest BCUT2D eigenvalue weighted by molar-refractivity contribution is -0.137. The molecule has 152 valence electrons. The average Bonchev–Trinajstić information content (AvgIpc) is 3.21. The molecule has 0 saturated carbocycles. The summed E-state index contributed by atoms with van der Waals surface area (Å²) in [5.74, 6) is 0.388. The number of pyridine rings is 2. The molecule has 0 radical (unpaired) electrons. The summed E-state index contributed by atoms with van der Waals surface area (Å²) in [6.45, 7) is 0. The Morgan fingerprint density at radius 1 is 1.13 bits per heavy atom. The highest BCUT2D eigenvalue weighted by atomic mass is 16.5. The number of methoxy groups -OCH3 is 1. The summed E-state index contributed by atoms with van der Waals surface area (Å²) in [6, 6.07) is 13.1. The second-order valence-electron chi connectivity index (χ2n) is 7.13. The van der Waals surface area contributed by atoms with Crippen molar-refractivity contribution in [2.45, 2.75) is 6.10 Å². The number of aromatic amines is 1. The molecule has 3 aromatic heterocycles. The van der Waals surface area contributed by atoms with Crippen LogP contribution in [0.5, 0.6) is 5.75 Å². The van der Waals surface area contributed by atoms with E-state index in [1.54, 1.807) is 45.7 Å². The number of aliphatic hydroxyl groups excluding tert-OH is 1. The summed E-state index contributed by atoms with van der Waals surface area (Å²) in [6.07, 6.45) is 3.97. The highest BCUT2D eigenvalue weighted by molar-refractivity contribution is 5.97. The molecule has 7 heteroatoms. The number of aromatic nitrogens is 3. The molecule has 0 fully saturated rings. The number of hydrogen-bond acceptors (Lipinski definition) is 5. The Morgan fingerprint density at radius 2 is 1.93 bits per heavy atom. The third-order valence-corrected chi connectivity index (χ3v) is 5.00. The minimum absolute atomic E-state index is 0.384. The maximum Gasteiger partial charge on any atom is 0.255 e. The minimum Gasteiger partial charge on any atom is -0.496 e. The molecule has 2 N–H and O–H groups in total. The largest absolute Gasteiger partial charge is 0.496 e. The van der Waals surface area contributed by atoms with E-state index >= 15 is 0 Å². The van der Waals surface area contributed by atoms with Crippen LogP contribution in [0.3, 0.4) is 0 Å². The Kier molecular flexibility index (Phi) is 5.20. The molecule has 0 saturated heterocycles. The molecule has 1 amide bonds. The summed E-state index contributed by atoms with van der Waals surface area (Å²) in [5, 5.41) is 11.3. The van der Waals surface area contributed by atoms with Crippen LogP contribution in [0.1, 0.15) is 11.7 Å². The van der Waals surface area contributed by atoms with Gasteiger partial charge in [0.25, 0.3) is 5.91 Å². The third-order valence-electron chi connectivity index (χ3n) is 5.00. The van der Waals surface area contributed by atoms with Crippen molar-refractivity contribution in [3.8, 4) is 28.1 Å². The lowest BCUT2D eigenvalue weighted by Crippen LogP contribution is -2.28. The summed E-state index contributed by atoms with van der Waals surface area (Å²) in [5.41, 5.74) is 4.57. The highest BCUT2D eigenvalue weighted by Crippen LogP contribution is 2.35. The number of nitrogens with zero attached hydrogens (tertiary/aromatic N) is 3. The normalized spacial score (nSPS) is 12.0. The molecule has 1 atom stereocenters. The number of aliphatic hydroxyl groups is 1. The number of carbonyl (C=O) groups excluding carboxylic acids is 1. The summed E-state index contributed by atoms with van der Waals surface area (Å²) in [4.78, 5) is 25.6. The van der Waals surface area contributed by atoms with Gasteiger partial charge in [-0.25, -0.2) is 4.98 Å². The van der Waals surface area contributed by atoms with Gasteiger partial charge in [-0.2, -0.15) is 0 Å². The van der Waals surface area contributed by atoms with Gasteiger partial charge in [-0.15, -0.1) is 0 Å². The number of para-hydroxylation sites is 1. The van der Waals surface area contributed by atoms with E-state index in [0.29, 0.717) is 11.3 Å². The maximum absolute atomic E-state index is 12.1. The van der Waals surface area contributed by atoms with Gasteiger partial charge in [0.1, 0.15) is 11.4 Å². The molecule has 3 heterocycles. The zero-order valence-electron chi connectivity index (χ0n) is 17.0. The number of hydrogen-bond donors (Lipinski definition) is 2. The van der Waals surface area contributed by atoms with Crippen LogP contribution in [0.2, 0.25) is 0 Å². The van der Waals surface area contributed by atoms with E-state index in [0.717, 1.165) is 33.5 Å². The molecule has 4 aromatic rings. The highest BCUT2D eigenvalue weighted by Gasteiger charge is 2.20. The maximum atomic E-state index is 12.1. The molecule has 1 unspecified atom stereocenters. The molecule has 1 aromatic carbocycles. The Bertz CT molecular complexity index is 1220. The van der Waals surface area contributed by atoms with Gasteiger partial charge < -0.3 is 19.7 Å². The van der Waals surface area contributed by atoms with Gasteiger partial charge in [0.2, 0.25) is 0 Å². The Balaban J connectivity index is 1.78. The number of benzene rings is 1. The van der Waals surface area contributed by atoms with Gasteiger partial charge in [-0.1, -0.05) is 18.2 Å². The first-order valence-electron chi connectivity index (χ1n) is 9.45. The number of ether oxygens (including phenoxy) is 1. The van der Waals surface area contributed by atoms with Crippen molar-refractivity contribution in [3.63, 3.8) is 0 Å². The molecule has 30 heavy (non-hydrogen) atoms. The van der Waals surface area contributed by atoms with Crippen molar-refractivity contribution in [1.82, 2.24) is 19.9 Å². The van der Waals surface area contributed by atoms with Crippen molar-refractivity contribution in [2.24, 2.45) is 0 Å². The van der Waals surface area contributed by atoms with E-state index in [9.17, 15) is 9.90 Å². The van der Waals surface area contributed by atoms with Gasteiger partial charge >= 0.3 is 0 Å². The number of H-pyrrole nitrogens is 1. The fourth-order valence-corrected chi connectivity index (χ4v) is 3.40. The molecule has 0 spiro atoms. The number of fused-ring (bicyclic) bond motifs is 1. The quantitative estimate of drug-likeness (QED) is 0.534. The Morgan fingerprint density at radius 3 is 2.70 bits per heavy atom. The van der Waals surface area contributed by atoms with E-state index in [4.69, 9.17) is 4.74 Å². The number of amides is 1. The van der Waals surface area contributed by atoms with Gasteiger partial charge in [0, 0.05) is 54.8 Å². The van der Waals surface area contributed by atoms with Gasteiger partial charge in [-0.05, 0) is 29.8 Å². The molecule has 0 aliphatic carbocycles. The lowest BCUT2D eigenvalue weighted by Gasteiger charge is -2.16. The number of likely N-dealkylation sites (N-methyl/N-ethyl adjacent to an activating group) is 1. The van der Waals surface area contributed by atoms with Crippen molar-refractivity contribution < 1.29 is 14.6 Å². The predicted octanol–water partition coefficient (Wildman–Crippen LogP) is 3.42. The molecular weight excluding hydrogens is 380 g/mol. The fourth-order valence-electron chi connectivity index (χ4n) is 3.40. The molecule has 0 aliphatic heterocycles. The van der Waals surface area contributed by atoms with Gasteiger partial charge in [0.15, 0.2) is 6.10 Å². The second kappa shape index (κ2) is 7.96. The van der Waals surface area contributed by atoms with Gasteiger partial charge in [-0.3, -0.25) is 9.78 Å². The number of rotatable bonds is 5. The SMILES string of the molecule is COc1ccccc1-c1c[nH]c2ncc(-c3cc(C(O)C(=O)N(C)C)ccn3)cc12. The van der Waals surface area contributed by atoms with Crippen molar-refractivity contribution in [1.29, 1.82) is 0 Å². The Hall–Kier alpha value is -3.71. The first-order valence-corrected chi connectivity index (χ1v) is 9.45.